The summed E-state index contributed by atoms with van der Waals surface area (Å²) in [7, 11) is 5.23. The molecule has 4 amide bonds. The predicted molar refractivity (Wildman–Crippen MR) is 182 cm³/mol. The number of para-hydroxylation sites is 1. The Morgan fingerprint density at radius 1 is 1.09 bits per heavy atom. The molecule has 0 saturated carbocycles. The van der Waals surface area contributed by atoms with Gasteiger partial charge in [-0.05, 0) is 61.0 Å². The standard InChI is InChI=1S/C36H43N5O6/c1-23-19-41(24(2)22-42)35(44)18-25-16-28(37-34(43)17-26-20-39(3)31-9-7-6-8-30(26)31)12-15-32(25)47-33(23)21-40(4)36(45)38-27-10-13-29(46-5)14-11-27/h6-16,20,23-24,33,42H,17-19,21-22H2,1-5H3,(H,37,43)(H,38,45)/t23-,24+,33-/m1/s1. The minimum absolute atomic E-state index is 0.0277. The highest BCUT2D eigenvalue weighted by molar-refractivity contribution is 5.96. The van der Waals surface area contributed by atoms with Gasteiger partial charge in [0, 0.05) is 60.6 Å². The summed E-state index contributed by atoms with van der Waals surface area (Å²) in [6, 6.07) is 19.6. The van der Waals surface area contributed by atoms with Gasteiger partial charge in [-0.25, -0.2) is 4.79 Å². The van der Waals surface area contributed by atoms with E-state index in [-0.39, 0.29) is 49.8 Å². The lowest BCUT2D eigenvalue weighted by Crippen LogP contribution is -2.48. The summed E-state index contributed by atoms with van der Waals surface area (Å²) in [6.45, 7) is 4.16. The number of aliphatic hydroxyl groups is 1. The zero-order valence-electron chi connectivity index (χ0n) is 27.5. The van der Waals surface area contributed by atoms with Gasteiger partial charge >= 0.3 is 6.03 Å². The number of likely N-dealkylation sites (N-methyl/N-ethyl adjacent to an activating group) is 1. The third-order valence-corrected chi connectivity index (χ3v) is 8.67. The first-order valence-electron chi connectivity index (χ1n) is 15.7. The maximum atomic E-state index is 13.6. The molecule has 3 N–H and O–H groups in total. The molecule has 0 saturated heterocycles. The van der Waals surface area contributed by atoms with Crippen LogP contribution in [0.5, 0.6) is 11.5 Å². The van der Waals surface area contributed by atoms with Crippen molar-refractivity contribution in [2.24, 2.45) is 13.0 Å². The van der Waals surface area contributed by atoms with Crippen LogP contribution in [-0.2, 0) is 29.5 Å². The Kier molecular flexibility index (Phi) is 10.4. The predicted octanol–water partition coefficient (Wildman–Crippen LogP) is 4.68. The number of nitrogens with zero attached hydrogens (tertiary/aromatic N) is 3. The van der Waals surface area contributed by atoms with Crippen LogP contribution in [0.1, 0.15) is 25.0 Å². The Morgan fingerprint density at radius 2 is 1.81 bits per heavy atom. The highest BCUT2D eigenvalue weighted by atomic mass is 16.5. The van der Waals surface area contributed by atoms with E-state index in [2.05, 4.69) is 10.6 Å². The molecule has 1 aliphatic heterocycles. The summed E-state index contributed by atoms with van der Waals surface area (Å²) in [5.74, 6) is 0.670. The Bertz CT molecular complexity index is 1740. The number of amides is 4. The molecule has 5 rings (SSSR count). The summed E-state index contributed by atoms with van der Waals surface area (Å²) in [6.07, 6.45) is 1.71. The second-order valence-electron chi connectivity index (χ2n) is 12.3. The molecule has 2 heterocycles. The molecule has 3 atom stereocenters. The fraction of sp³-hybridized carbons (Fsp3) is 0.361. The maximum absolute atomic E-state index is 13.6. The monoisotopic (exact) mass is 641 g/mol. The summed E-state index contributed by atoms with van der Waals surface area (Å²) in [5, 5.41) is 16.9. The van der Waals surface area contributed by atoms with Gasteiger partial charge in [-0.15, -0.1) is 0 Å². The SMILES string of the molecule is COc1ccc(NC(=O)N(C)C[C@H]2Oc3ccc(NC(=O)Cc4cn(C)c5ccccc45)cc3CC(=O)N([C@@H](C)CO)C[C@H]2C)cc1. The van der Waals surface area contributed by atoms with Gasteiger partial charge in [-0.3, -0.25) is 9.59 Å². The number of aliphatic hydroxyl groups excluding tert-OH is 1. The molecule has 0 radical (unpaired) electrons. The fourth-order valence-corrected chi connectivity index (χ4v) is 5.92. The number of benzene rings is 3. The fourth-order valence-electron chi connectivity index (χ4n) is 5.92. The number of hydrogen-bond donors (Lipinski definition) is 3. The highest BCUT2D eigenvalue weighted by Gasteiger charge is 2.32. The number of aryl methyl sites for hydroxylation is 1. The van der Waals surface area contributed by atoms with Gasteiger partial charge in [0.05, 0.1) is 39.1 Å². The third kappa shape index (κ3) is 7.86. The molecule has 0 unspecified atom stereocenters. The first-order chi connectivity index (χ1) is 22.6. The third-order valence-electron chi connectivity index (χ3n) is 8.67. The maximum Gasteiger partial charge on any atom is 0.321 e. The van der Waals surface area contributed by atoms with Crippen LogP contribution < -0.4 is 20.1 Å². The largest absolute Gasteiger partial charge is 0.497 e. The van der Waals surface area contributed by atoms with Crippen molar-refractivity contribution in [3.05, 3.63) is 84.1 Å². The number of fused-ring (bicyclic) bond motifs is 2. The van der Waals surface area contributed by atoms with Crippen molar-refractivity contribution in [3.63, 3.8) is 0 Å². The first kappa shape index (κ1) is 33.3. The van der Waals surface area contributed by atoms with E-state index in [1.54, 1.807) is 73.3 Å². The van der Waals surface area contributed by atoms with Crippen LogP contribution in [0.3, 0.4) is 0 Å². The minimum atomic E-state index is -0.480. The van der Waals surface area contributed by atoms with Gasteiger partial charge in [-0.2, -0.15) is 0 Å². The first-order valence-corrected chi connectivity index (χ1v) is 15.7. The molecule has 1 aromatic heterocycles. The molecule has 0 fully saturated rings. The topological polar surface area (TPSA) is 125 Å². The Balaban J connectivity index is 1.35. The number of hydrogen-bond acceptors (Lipinski definition) is 6. The molecular weight excluding hydrogens is 598 g/mol. The van der Waals surface area contributed by atoms with E-state index in [9.17, 15) is 19.5 Å². The molecular formula is C36H43N5O6. The Hall–Kier alpha value is -5.03. The molecule has 0 bridgehead atoms. The van der Waals surface area contributed by atoms with Crippen LogP contribution in [0.2, 0.25) is 0 Å². The number of rotatable bonds is 9. The van der Waals surface area contributed by atoms with Gasteiger partial charge in [0.15, 0.2) is 0 Å². The van der Waals surface area contributed by atoms with Gasteiger partial charge < -0.3 is 39.6 Å². The highest BCUT2D eigenvalue weighted by Crippen LogP contribution is 2.30. The number of methoxy groups -OCH3 is 1. The van der Waals surface area contributed by atoms with E-state index in [1.807, 2.05) is 49.0 Å². The zero-order chi connectivity index (χ0) is 33.7. The number of ether oxygens (including phenoxy) is 2. The second kappa shape index (κ2) is 14.6. The van der Waals surface area contributed by atoms with Crippen molar-refractivity contribution in [3.8, 4) is 11.5 Å². The van der Waals surface area contributed by atoms with E-state index < -0.39 is 12.1 Å². The zero-order valence-corrected chi connectivity index (χ0v) is 27.5. The molecule has 47 heavy (non-hydrogen) atoms. The van der Waals surface area contributed by atoms with Gasteiger partial charge in [0.1, 0.15) is 17.6 Å². The smallest absolute Gasteiger partial charge is 0.321 e. The molecule has 248 valence electrons. The van der Waals surface area contributed by atoms with Crippen molar-refractivity contribution in [2.75, 3.05) is 44.5 Å². The summed E-state index contributed by atoms with van der Waals surface area (Å²) < 4.78 is 13.8. The molecule has 3 aromatic carbocycles. The summed E-state index contributed by atoms with van der Waals surface area (Å²) >= 11 is 0. The van der Waals surface area contributed by atoms with E-state index in [1.165, 1.54) is 0 Å². The van der Waals surface area contributed by atoms with Crippen LogP contribution >= 0.6 is 0 Å². The van der Waals surface area contributed by atoms with E-state index in [0.717, 1.165) is 16.5 Å². The van der Waals surface area contributed by atoms with E-state index in [4.69, 9.17) is 9.47 Å². The van der Waals surface area contributed by atoms with Gasteiger partial charge in [0.25, 0.3) is 0 Å². The van der Waals surface area contributed by atoms with Gasteiger partial charge in [0.2, 0.25) is 11.8 Å². The average Bonchev–Trinajstić information content (AvgIpc) is 3.39. The number of urea groups is 1. The average molecular weight is 642 g/mol. The molecule has 11 heteroatoms. The van der Waals surface area contributed by atoms with E-state index in [0.29, 0.717) is 35.0 Å². The summed E-state index contributed by atoms with van der Waals surface area (Å²) in [4.78, 5) is 43.1. The van der Waals surface area contributed by atoms with Crippen LogP contribution in [0.25, 0.3) is 10.9 Å². The number of anilines is 2. The lowest BCUT2D eigenvalue weighted by atomic mass is 10.0. The quantitative estimate of drug-likeness (QED) is 0.244. The van der Waals surface area contributed by atoms with Crippen molar-refractivity contribution >= 4 is 40.1 Å². The summed E-state index contributed by atoms with van der Waals surface area (Å²) in [5.41, 5.74) is 3.76. The van der Waals surface area contributed by atoms with Crippen molar-refractivity contribution in [2.45, 2.75) is 38.8 Å². The van der Waals surface area contributed by atoms with Gasteiger partial charge in [-0.1, -0.05) is 25.1 Å². The van der Waals surface area contributed by atoms with Crippen LogP contribution in [0.15, 0.2) is 72.9 Å². The molecule has 1 aliphatic rings. The molecule has 0 spiro atoms. The Labute approximate surface area is 275 Å². The number of nitrogens with one attached hydrogen (secondary N) is 2. The molecule has 4 aromatic rings. The number of carbonyl (C=O) groups excluding carboxylic acids is 3. The lowest BCUT2D eigenvalue weighted by Gasteiger charge is -2.34. The number of aromatic nitrogens is 1. The minimum Gasteiger partial charge on any atom is -0.497 e. The van der Waals surface area contributed by atoms with Crippen molar-refractivity contribution < 1.29 is 29.0 Å². The normalized spacial score (nSPS) is 17.1. The molecule has 11 nitrogen and oxygen atoms in total. The lowest BCUT2D eigenvalue weighted by molar-refractivity contribution is -0.134. The van der Waals surface area contributed by atoms with Crippen LogP contribution in [-0.4, -0.2) is 83.3 Å². The second-order valence-corrected chi connectivity index (χ2v) is 12.3. The number of carbonyl (C=O) groups is 3. The van der Waals surface area contributed by atoms with Crippen molar-refractivity contribution in [1.29, 1.82) is 0 Å². The van der Waals surface area contributed by atoms with E-state index >= 15 is 0 Å². The van der Waals surface area contributed by atoms with Crippen LogP contribution in [0, 0.1) is 5.92 Å². The van der Waals surface area contributed by atoms with Crippen LogP contribution in [0.4, 0.5) is 16.2 Å². The molecule has 0 aliphatic carbocycles. The Morgan fingerprint density at radius 3 is 2.53 bits per heavy atom. The van der Waals surface area contributed by atoms with Crippen molar-refractivity contribution in [1.82, 2.24) is 14.4 Å².